The maximum absolute atomic E-state index is 12.7. The zero-order valence-electron chi connectivity index (χ0n) is 18.9. The van der Waals surface area contributed by atoms with Crippen LogP contribution >= 0.6 is 0 Å². The van der Waals surface area contributed by atoms with E-state index in [1.165, 1.54) is 0 Å². The molecular weight excluding hydrogens is 472 g/mol. The summed E-state index contributed by atoms with van der Waals surface area (Å²) in [4.78, 5) is 81.9. The normalized spacial score (nSPS) is 14.0. The van der Waals surface area contributed by atoms with Crippen LogP contribution in [-0.2, 0) is 33.6 Å². The van der Waals surface area contributed by atoms with Gasteiger partial charge >= 0.3 is 17.9 Å². The van der Waals surface area contributed by atoms with Crippen molar-refractivity contribution in [1.29, 1.82) is 0 Å². The zero-order chi connectivity index (χ0) is 27.1. The van der Waals surface area contributed by atoms with Crippen LogP contribution in [0.25, 0.3) is 0 Å². The third-order valence-corrected chi connectivity index (χ3v) is 4.62. The Morgan fingerprint density at radius 3 is 1.71 bits per heavy atom. The van der Waals surface area contributed by atoms with Gasteiger partial charge in [0.25, 0.3) is 0 Å². The van der Waals surface area contributed by atoms with E-state index in [1.807, 2.05) is 5.32 Å². The first-order chi connectivity index (χ1) is 16.3. The van der Waals surface area contributed by atoms with Crippen LogP contribution in [-0.4, -0.2) is 87.6 Å². The second kappa shape index (κ2) is 15.9. The minimum Gasteiger partial charge on any atom is -0.481 e. The van der Waals surface area contributed by atoms with Gasteiger partial charge in [-0.05, 0) is 25.8 Å². The van der Waals surface area contributed by atoms with E-state index >= 15 is 0 Å². The summed E-state index contributed by atoms with van der Waals surface area (Å²) in [6.07, 6.45) is -1.45. The summed E-state index contributed by atoms with van der Waals surface area (Å²) < 4.78 is 0. The average Bonchev–Trinajstić information content (AvgIpc) is 2.74. The number of amides is 4. The molecule has 0 aromatic rings. The minimum atomic E-state index is -1.86. The standard InChI is InChI=1S/C19H32N6O10/c20-6-2-1-3-9(21)16(31)24-11(7-13(22)26)18(33)23-10(4-5-14(27)28)17(32)25-12(19(34)35)8-15(29)30/h9-12H,1-8,20-21H2,(H2,22,26)(H,23,33)(H,24,31)(H,25,32)(H,27,28)(H,29,30)(H,34,35). The van der Waals surface area contributed by atoms with Crippen molar-refractivity contribution in [3.63, 3.8) is 0 Å². The van der Waals surface area contributed by atoms with Crippen LogP contribution < -0.4 is 33.2 Å². The molecule has 12 N–H and O–H groups in total. The Kier molecular flexibility index (Phi) is 14.2. The molecule has 16 heteroatoms. The Balaban J connectivity index is 5.54. The summed E-state index contributed by atoms with van der Waals surface area (Å²) in [6.45, 7) is 0.385. The number of carbonyl (C=O) groups excluding carboxylic acids is 4. The van der Waals surface area contributed by atoms with Crippen LogP contribution in [0.5, 0.6) is 0 Å². The van der Waals surface area contributed by atoms with Crippen LogP contribution in [0.2, 0.25) is 0 Å². The lowest BCUT2D eigenvalue weighted by atomic mass is 10.1. The van der Waals surface area contributed by atoms with Gasteiger partial charge in [-0.15, -0.1) is 0 Å². The molecule has 35 heavy (non-hydrogen) atoms. The molecule has 0 bridgehead atoms. The highest BCUT2D eigenvalue weighted by molar-refractivity contribution is 5.96. The first kappa shape index (κ1) is 31.2. The number of rotatable bonds is 18. The lowest BCUT2D eigenvalue weighted by Gasteiger charge is -2.24. The number of nitrogens with one attached hydrogen (secondary N) is 3. The zero-order valence-corrected chi connectivity index (χ0v) is 18.9. The van der Waals surface area contributed by atoms with Gasteiger partial charge in [-0.3, -0.25) is 28.8 Å². The van der Waals surface area contributed by atoms with Crippen molar-refractivity contribution in [3.05, 3.63) is 0 Å². The number of nitrogens with two attached hydrogens (primary N) is 3. The van der Waals surface area contributed by atoms with E-state index in [0.29, 0.717) is 19.4 Å². The van der Waals surface area contributed by atoms with Gasteiger partial charge < -0.3 is 48.5 Å². The Morgan fingerprint density at radius 2 is 1.23 bits per heavy atom. The molecule has 0 aromatic carbocycles. The molecule has 0 rings (SSSR count). The maximum Gasteiger partial charge on any atom is 0.326 e. The predicted octanol–water partition coefficient (Wildman–Crippen LogP) is -3.80. The quantitative estimate of drug-likeness (QED) is 0.0812. The van der Waals surface area contributed by atoms with E-state index in [-0.39, 0.29) is 6.42 Å². The van der Waals surface area contributed by atoms with Crippen LogP contribution in [0.1, 0.15) is 44.9 Å². The molecule has 0 radical (unpaired) electrons. The second-order valence-electron chi connectivity index (χ2n) is 7.61. The molecule has 4 atom stereocenters. The third kappa shape index (κ3) is 13.5. The number of carboxylic acids is 3. The average molecular weight is 504 g/mol. The Hall–Kier alpha value is -3.79. The van der Waals surface area contributed by atoms with Gasteiger partial charge in [0.1, 0.15) is 18.1 Å². The summed E-state index contributed by atoms with van der Waals surface area (Å²) in [5.74, 6) is -8.61. The Labute approximate surface area is 199 Å². The maximum atomic E-state index is 12.7. The van der Waals surface area contributed by atoms with Gasteiger partial charge in [0.15, 0.2) is 0 Å². The smallest absolute Gasteiger partial charge is 0.326 e. The molecule has 16 nitrogen and oxygen atoms in total. The monoisotopic (exact) mass is 504 g/mol. The fourth-order valence-corrected chi connectivity index (χ4v) is 2.78. The number of hydrogen-bond acceptors (Lipinski definition) is 9. The minimum absolute atomic E-state index is 0.234. The summed E-state index contributed by atoms with van der Waals surface area (Å²) in [6, 6.07) is -6.12. The van der Waals surface area contributed by atoms with Gasteiger partial charge in [-0.25, -0.2) is 4.79 Å². The van der Waals surface area contributed by atoms with Crippen LogP contribution in [0, 0.1) is 0 Å². The molecule has 0 aliphatic carbocycles. The van der Waals surface area contributed by atoms with Crippen molar-refractivity contribution < 1.29 is 48.9 Å². The van der Waals surface area contributed by atoms with Gasteiger partial charge in [0.2, 0.25) is 23.6 Å². The molecule has 0 saturated carbocycles. The Bertz CT molecular complexity index is 805. The third-order valence-electron chi connectivity index (χ3n) is 4.62. The molecule has 4 unspecified atom stereocenters. The molecule has 198 valence electrons. The Morgan fingerprint density at radius 1 is 0.686 bits per heavy atom. The molecule has 0 aliphatic heterocycles. The molecule has 0 fully saturated rings. The van der Waals surface area contributed by atoms with Crippen molar-refractivity contribution in [2.75, 3.05) is 6.54 Å². The highest BCUT2D eigenvalue weighted by Gasteiger charge is 2.32. The lowest BCUT2D eigenvalue weighted by Crippen LogP contribution is -2.57. The molecule has 0 aliphatic rings. The largest absolute Gasteiger partial charge is 0.481 e. The molecule has 0 spiro atoms. The lowest BCUT2D eigenvalue weighted by molar-refractivity contribution is -0.147. The summed E-state index contributed by atoms with van der Waals surface area (Å²) in [5.41, 5.74) is 16.3. The van der Waals surface area contributed by atoms with Crippen molar-refractivity contribution in [2.24, 2.45) is 17.2 Å². The van der Waals surface area contributed by atoms with E-state index < -0.39 is 91.4 Å². The van der Waals surface area contributed by atoms with E-state index in [2.05, 4.69) is 10.6 Å². The van der Waals surface area contributed by atoms with Crippen molar-refractivity contribution >= 4 is 41.5 Å². The number of unbranched alkanes of at least 4 members (excludes halogenated alkanes) is 1. The second-order valence-corrected chi connectivity index (χ2v) is 7.61. The van der Waals surface area contributed by atoms with E-state index in [4.69, 9.17) is 32.5 Å². The fraction of sp³-hybridized carbons (Fsp3) is 0.632. The number of hydrogen-bond donors (Lipinski definition) is 9. The molecule has 0 heterocycles. The number of primary amides is 1. The topological polar surface area (TPSA) is 294 Å². The van der Waals surface area contributed by atoms with Gasteiger partial charge in [-0.1, -0.05) is 6.42 Å². The molecular formula is C19H32N6O10. The molecule has 4 amide bonds. The number of carbonyl (C=O) groups is 7. The summed E-state index contributed by atoms with van der Waals surface area (Å²) >= 11 is 0. The van der Waals surface area contributed by atoms with E-state index in [0.717, 1.165) is 0 Å². The highest BCUT2D eigenvalue weighted by Crippen LogP contribution is 2.05. The van der Waals surface area contributed by atoms with Crippen LogP contribution in [0.15, 0.2) is 0 Å². The number of aliphatic carboxylic acids is 3. The first-order valence-corrected chi connectivity index (χ1v) is 10.6. The molecule has 0 saturated heterocycles. The SMILES string of the molecule is NCCCCC(N)C(=O)NC(CC(N)=O)C(=O)NC(CCC(=O)O)C(=O)NC(CC(=O)O)C(=O)O. The van der Waals surface area contributed by atoms with Crippen molar-refractivity contribution in [3.8, 4) is 0 Å². The van der Waals surface area contributed by atoms with Crippen LogP contribution in [0.3, 0.4) is 0 Å². The van der Waals surface area contributed by atoms with Gasteiger partial charge in [-0.2, -0.15) is 0 Å². The number of carboxylic acid groups (broad SMARTS) is 3. The molecule has 0 aromatic heterocycles. The fourth-order valence-electron chi connectivity index (χ4n) is 2.78. The summed E-state index contributed by atoms with van der Waals surface area (Å²) in [5, 5.41) is 33.1. The first-order valence-electron chi connectivity index (χ1n) is 10.6. The summed E-state index contributed by atoms with van der Waals surface area (Å²) in [7, 11) is 0. The predicted molar refractivity (Wildman–Crippen MR) is 117 cm³/mol. The van der Waals surface area contributed by atoms with E-state index in [1.54, 1.807) is 0 Å². The van der Waals surface area contributed by atoms with Gasteiger partial charge in [0.05, 0.1) is 18.9 Å². The van der Waals surface area contributed by atoms with Gasteiger partial charge in [0, 0.05) is 6.42 Å². The highest BCUT2D eigenvalue weighted by atomic mass is 16.4. The van der Waals surface area contributed by atoms with Crippen molar-refractivity contribution in [2.45, 2.75) is 69.1 Å². The van der Waals surface area contributed by atoms with Crippen molar-refractivity contribution in [1.82, 2.24) is 16.0 Å². The van der Waals surface area contributed by atoms with E-state index in [9.17, 15) is 33.6 Å². The van der Waals surface area contributed by atoms with Crippen LogP contribution in [0.4, 0.5) is 0 Å².